The van der Waals surface area contributed by atoms with Gasteiger partial charge in [0.15, 0.2) is 0 Å². The van der Waals surface area contributed by atoms with Crippen molar-refractivity contribution in [2.24, 2.45) is 0 Å². The summed E-state index contributed by atoms with van der Waals surface area (Å²) in [5, 5.41) is 0. The second-order valence-corrected chi connectivity index (χ2v) is 6.21. The van der Waals surface area contributed by atoms with Crippen molar-refractivity contribution < 1.29 is 14.3 Å². The lowest BCUT2D eigenvalue weighted by atomic mass is 10.1. The first-order chi connectivity index (χ1) is 13.0. The molecule has 0 bridgehead atoms. The fraction of sp³-hybridized carbons (Fsp3) is 0.190. The fourth-order valence-corrected chi connectivity index (χ4v) is 2.67. The molecule has 6 nitrogen and oxygen atoms in total. The quantitative estimate of drug-likeness (QED) is 0.514. The van der Waals surface area contributed by atoms with Crippen LogP contribution in [0.5, 0.6) is 5.75 Å². The largest absolute Gasteiger partial charge is 0.496 e. The van der Waals surface area contributed by atoms with Crippen molar-refractivity contribution in [2.45, 2.75) is 20.5 Å². The summed E-state index contributed by atoms with van der Waals surface area (Å²) in [4.78, 5) is 28.5. The maximum atomic E-state index is 12.2. The first-order valence-corrected chi connectivity index (χ1v) is 8.45. The van der Waals surface area contributed by atoms with E-state index in [4.69, 9.17) is 9.47 Å². The summed E-state index contributed by atoms with van der Waals surface area (Å²) in [6, 6.07) is 10.7. The molecule has 2 aromatic heterocycles. The van der Waals surface area contributed by atoms with Gasteiger partial charge >= 0.3 is 5.97 Å². The number of aryl methyl sites for hydroxylation is 2. The Bertz CT molecular complexity index is 1080. The number of esters is 1. The molecule has 1 aromatic carbocycles. The van der Waals surface area contributed by atoms with Crippen LogP contribution >= 0.6 is 0 Å². The van der Waals surface area contributed by atoms with E-state index in [2.05, 4.69) is 4.98 Å². The Morgan fingerprint density at radius 1 is 1.15 bits per heavy atom. The van der Waals surface area contributed by atoms with Crippen LogP contribution in [-0.4, -0.2) is 22.5 Å². The van der Waals surface area contributed by atoms with E-state index in [1.807, 2.05) is 38.1 Å². The Balaban J connectivity index is 1.71. The molecular weight excluding hydrogens is 344 g/mol. The van der Waals surface area contributed by atoms with E-state index >= 15 is 0 Å². The van der Waals surface area contributed by atoms with E-state index in [9.17, 15) is 9.59 Å². The van der Waals surface area contributed by atoms with Crippen molar-refractivity contribution in [3.05, 3.63) is 81.4 Å². The number of hydrogen-bond donors (Lipinski definition) is 0. The minimum atomic E-state index is -0.524. The van der Waals surface area contributed by atoms with Gasteiger partial charge in [0, 0.05) is 23.9 Å². The molecular formula is C21H20N2O4. The molecule has 138 valence electrons. The van der Waals surface area contributed by atoms with E-state index < -0.39 is 5.97 Å². The highest BCUT2D eigenvalue weighted by Gasteiger charge is 2.06. The minimum absolute atomic E-state index is 0.0757. The number of carbonyl (C=O) groups is 1. The van der Waals surface area contributed by atoms with Crippen molar-refractivity contribution in [1.82, 2.24) is 9.38 Å². The normalized spacial score (nSPS) is 11.1. The molecule has 6 heteroatoms. The number of fused-ring (bicyclic) bond motifs is 1. The Morgan fingerprint density at radius 2 is 1.93 bits per heavy atom. The maximum absolute atomic E-state index is 12.2. The lowest BCUT2D eigenvalue weighted by Gasteiger charge is -2.06. The van der Waals surface area contributed by atoms with Crippen LogP contribution < -0.4 is 10.3 Å². The van der Waals surface area contributed by atoms with Gasteiger partial charge in [-0.1, -0.05) is 17.7 Å². The second-order valence-electron chi connectivity index (χ2n) is 6.21. The molecule has 0 aliphatic heterocycles. The Kier molecular flexibility index (Phi) is 5.35. The number of carbonyl (C=O) groups excluding carboxylic acids is 1. The Morgan fingerprint density at radius 3 is 2.70 bits per heavy atom. The summed E-state index contributed by atoms with van der Waals surface area (Å²) in [7, 11) is 1.58. The highest BCUT2D eigenvalue weighted by atomic mass is 16.5. The molecule has 0 saturated carbocycles. The smallest absolute Gasteiger partial charge is 0.331 e. The summed E-state index contributed by atoms with van der Waals surface area (Å²) in [6.45, 7) is 3.78. The van der Waals surface area contributed by atoms with Crippen molar-refractivity contribution in [2.75, 3.05) is 7.11 Å². The van der Waals surface area contributed by atoms with Gasteiger partial charge in [0.25, 0.3) is 5.56 Å². The number of hydrogen-bond acceptors (Lipinski definition) is 5. The molecule has 27 heavy (non-hydrogen) atoms. The molecule has 0 atom stereocenters. The average Bonchev–Trinajstić information content (AvgIpc) is 2.65. The highest BCUT2D eigenvalue weighted by molar-refractivity contribution is 5.87. The third kappa shape index (κ3) is 4.41. The van der Waals surface area contributed by atoms with Gasteiger partial charge in [0.1, 0.15) is 18.0 Å². The SMILES string of the molecule is COc1ccc(C)cc1/C=C/C(=O)OCc1cc(=O)n2cc(C)ccc2n1. The van der Waals surface area contributed by atoms with Crippen molar-refractivity contribution >= 4 is 17.7 Å². The molecule has 0 radical (unpaired) electrons. The Labute approximate surface area is 156 Å². The van der Waals surface area contributed by atoms with Crippen LogP contribution in [-0.2, 0) is 16.1 Å². The molecule has 0 aliphatic carbocycles. The number of pyridine rings is 1. The predicted octanol–water partition coefficient (Wildman–Crippen LogP) is 3.08. The summed E-state index contributed by atoms with van der Waals surface area (Å²) < 4.78 is 11.9. The number of nitrogens with zero attached hydrogens (tertiary/aromatic N) is 2. The second kappa shape index (κ2) is 7.86. The molecule has 0 spiro atoms. The fourth-order valence-electron chi connectivity index (χ4n) is 2.67. The summed E-state index contributed by atoms with van der Waals surface area (Å²) in [5.74, 6) is 0.147. The van der Waals surface area contributed by atoms with Gasteiger partial charge in [0.05, 0.1) is 12.8 Å². The van der Waals surface area contributed by atoms with Gasteiger partial charge in [0.2, 0.25) is 0 Å². The van der Waals surface area contributed by atoms with E-state index in [1.165, 1.54) is 16.5 Å². The first-order valence-electron chi connectivity index (χ1n) is 8.45. The van der Waals surface area contributed by atoms with Crippen molar-refractivity contribution in [1.29, 1.82) is 0 Å². The summed E-state index contributed by atoms with van der Waals surface area (Å²) in [6.07, 6.45) is 4.69. The number of ether oxygens (including phenoxy) is 2. The topological polar surface area (TPSA) is 69.9 Å². The zero-order chi connectivity index (χ0) is 19.4. The molecule has 0 unspecified atom stereocenters. The molecule has 0 N–H and O–H groups in total. The zero-order valence-electron chi connectivity index (χ0n) is 15.4. The van der Waals surface area contributed by atoms with Gasteiger partial charge in [-0.05, 0) is 43.7 Å². The highest BCUT2D eigenvalue weighted by Crippen LogP contribution is 2.21. The summed E-state index contributed by atoms with van der Waals surface area (Å²) >= 11 is 0. The Hall–Kier alpha value is -3.41. The van der Waals surface area contributed by atoms with E-state index in [-0.39, 0.29) is 12.2 Å². The van der Waals surface area contributed by atoms with Crippen LogP contribution in [0.25, 0.3) is 11.7 Å². The van der Waals surface area contributed by atoms with Gasteiger partial charge in [-0.25, -0.2) is 9.78 Å². The van der Waals surface area contributed by atoms with E-state index in [1.54, 1.807) is 25.4 Å². The lowest BCUT2D eigenvalue weighted by molar-refractivity contribution is -0.139. The van der Waals surface area contributed by atoms with Crippen LogP contribution in [0.2, 0.25) is 0 Å². The van der Waals surface area contributed by atoms with Gasteiger partial charge in [-0.2, -0.15) is 0 Å². The van der Waals surface area contributed by atoms with Crippen LogP contribution in [0.15, 0.2) is 53.5 Å². The molecule has 3 aromatic rings. The zero-order valence-corrected chi connectivity index (χ0v) is 15.4. The molecule has 0 aliphatic rings. The predicted molar refractivity (Wildman–Crippen MR) is 103 cm³/mol. The molecule has 0 saturated heterocycles. The monoisotopic (exact) mass is 364 g/mol. The summed E-state index contributed by atoms with van der Waals surface area (Å²) in [5.41, 5.74) is 3.50. The maximum Gasteiger partial charge on any atom is 0.331 e. The number of rotatable bonds is 5. The molecule has 0 amide bonds. The molecule has 2 heterocycles. The number of benzene rings is 1. The lowest BCUT2D eigenvalue weighted by Crippen LogP contribution is -2.16. The van der Waals surface area contributed by atoms with E-state index in [0.717, 1.165) is 16.7 Å². The first kappa shape index (κ1) is 18.4. The van der Waals surface area contributed by atoms with Crippen LogP contribution in [0.4, 0.5) is 0 Å². The van der Waals surface area contributed by atoms with Crippen LogP contribution in [0.1, 0.15) is 22.4 Å². The van der Waals surface area contributed by atoms with Crippen molar-refractivity contribution in [3.8, 4) is 5.75 Å². The number of aromatic nitrogens is 2. The molecule has 3 rings (SSSR count). The number of methoxy groups -OCH3 is 1. The average molecular weight is 364 g/mol. The standard InChI is InChI=1S/C21H20N2O4/c1-14-4-7-18(26-3)16(10-14)6-9-21(25)27-13-17-11-20(24)23-12-15(2)5-8-19(23)22-17/h4-12H,13H2,1-3H3/b9-6+. The third-order valence-corrected chi connectivity index (χ3v) is 4.01. The van der Waals surface area contributed by atoms with Crippen molar-refractivity contribution in [3.63, 3.8) is 0 Å². The molecule has 0 fully saturated rings. The van der Waals surface area contributed by atoms with E-state index in [0.29, 0.717) is 17.1 Å². The van der Waals surface area contributed by atoms with Crippen LogP contribution in [0.3, 0.4) is 0 Å². The van der Waals surface area contributed by atoms with Gasteiger partial charge in [-0.15, -0.1) is 0 Å². The third-order valence-electron chi connectivity index (χ3n) is 4.01. The van der Waals surface area contributed by atoms with Gasteiger partial charge in [-0.3, -0.25) is 9.20 Å². The van der Waals surface area contributed by atoms with Crippen LogP contribution in [0, 0.1) is 13.8 Å². The van der Waals surface area contributed by atoms with Gasteiger partial charge < -0.3 is 9.47 Å². The minimum Gasteiger partial charge on any atom is -0.496 e.